The number of hydrogen-bond donors (Lipinski definition) is 2. The molecular formula is C23H32N2O5S. The third-order valence-corrected chi connectivity index (χ3v) is 6.53. The summed E-state index contributed by atoms with van der Waals surface area (Å²) in [6.07, 6.45) is 1.57. The van der Waals surface area contributed by atoms with Crippen LogP contribution < -0.4 is 5.48 Å². The van der Waals surface area contributed by atoms with Crippen molar-refractivity contribution in [2.45, 2.75) is 51.1 Å². The van der Waals surface area contributed by atoms with Crippen molar-refractivity contribution in [3.05, 3.63) is 71.8 Å². The summed E-state index contributed by atoms with van der Waals surface area (Å²) in [7, 11) is 0. The van der Waals surface area contributed by atoms with Crippen molar-refractivity contribution in [1.82, 2.24) is 10.5 Å². The molecule has 1 heterocycles. The van der Waals surface area contributed by atoms with Gasteiger partial charge in [0.25, 0.3) is 5.91 Å². The quantitative estimate of drug-likeness (QED) is 0.473. The Morgan fingerprint density at radius 1 is 1.10 bits per heavy atom. The number of hydroxylamine groups is 3. The fraction of sp³-hybridized carbons (Fsp3) is 0.435. The van der Waals surface area contributed by atoms with Crippen LogP contribution in [-0.4, -0.2) is 39.6 Å². The van der Waals surface area contributed by atoms with Crippen molar-refractivity contribution >= 4 is 17.0 Å². The average molecular weight is 449 g/mol. The molecule has 2 atom stereocenters. The van der Waals surface area contributed by atoms with Gasteiger partial charge < -0.3 is 4.74 Å². The molecule has 1 aliphatic rings. The van der Waals surface area contributed by atoms with E-state index in [1.54, 1.807) is 40.9 Å². The van der Waals surface area contributed by atoms with Gasteiger partial charge in [0.2, 0.25) is 0 Å². The highest BCUT2D eigenvalue weighted by Crippen LogP contribution is 2.30. The minimum Gasteiger partial charge on any atom is -0.373 e. The van der Waals surface area contributed by atoms with E-state index < -0.39 is 21.7 Å². The molecule has 0 spiro atoms. The lowest BCUT2D eigenvalue weighted by Gasteiger charge is -2.33. The van der Waals surface area contributed by atoms with Crippen LogP contribution in [0.3, 0.4) is 0 Å². The van der Waals surface area contributed by atoms with Crippen molar-refractivity contribution < 1.29 is 23.2 Å². The molecule has 7 nitrogen and oxygen atoms in total. The fourth-order valence-electron chi connectivity index (χ4n) is 3.20. The molecule has 0 aromatic heterocycles. The molecule has 8 heteroatoms. The second-order valence-corrected chi connectivity index (χ2v) is 8.51. The lowest BCUT2D eigenvalue weighted by molar-refractivity contribution is -0.133. The summed E-state index contributed by atoms with van der Waals surface area (Å²) in [5, 5.41) is 10.8. The standard InChI is InChI=1S/C21H26N2O5S.C2H6/c1-21(20(24)22-25,18-10-6-3-7-11-18)29(26)28-23-14-12-19(13-15-23)27-16-17-8-4-2-5-9-17;1-2/h2-11,19,25H,12-16H2,1H3,(H,22,24);1-2H3. The third kappa shape index (κ3) is 6.69. The Kier molecular flexibility index (Phi) is 10.3. The first-order valence-electron chi connectivity index (χ1n) is 10.5. The van der Waals surface area contributed by atoms with Gasteiger partial charge in [-0.25, -0.2) is 9.69 Å². The molecule has 1 saturated heterocycles. The molecule has 2 aromatic carbocycles. The first-order valence-corrected chi connectivity index (χ1v) is 11.6. The molecule has 1 fully saturated rings. The summed E-state index contributed by atoms with van der Waals surface area (Å²) >= 11 is -2.03. The van der Waals surface area contributed by atoms with Crippen LogP contribution in [0.5, 0.6) is 0 Å². The number of carbonyl (C=O) groups excluding carboxylic acids is 1. The number of hydrogen-bond acceptors (Lipinski definition) is 6. The highest BCUT2D eigenvalue weighted by atomic mass is 32.2. The molecule has 2 unspecified atom stereocenters. The second kappa shape index (κ2) is 12.7. The van der Waals surface area contributed by atoms with E-state index in [9.17, 15) is 9.00 Å². The maximum Gasteiger partial charge on any atom is 0.268 e. The smallest absolute Gasteiger partial charge is 0.268 e. The minimum atomic E-state index is -2.03. The summed E-state index contributed by atoms with van der Waals surface area (Å²) in [4.78, 5) is 12.3. The molecule has 0 bridgehead atoms. The van der Waals surface area contributed by atoms with Crippen LogP contribution in [0.25, 0.3) is 0 Å². The zero-order valence-electron chi connectivity index (χ0n) is 18.3. The first kappa shape index (κ1) is 25.2. The van der Waals surface area contributed by atoms with Crippen molar-refractivity contribution in [3.63, 3.8) is 0 Å². The van der Waals surface area contributed by atoms with Gasteiger partial charge in [0.1, 0.15) is 0 Å². The minimum absolute atomic E-state index is 0.102. The van der Waals surface area contributed by atoms with Crippen LogP contribution >= 0.6 is 0 Å². The average Bonchev–Trinajstić information content (AvgIpc) is 2.85. The van der Waals surface area contributed by atoms with Gasteiger partial charge in [-0.2, -0.15) is 9.35 Å². The number of piperidine rings is 1. The van der Waals surface area contributed by atoms with Crippen LogP contribution in [0, 0.1) is 0 Å². The fourth-order valence-corrected chi connectivity index (χ4v) is 4.21. The number of amides is 1. The Labute approximate surface area is 186 Å². The number of benzene rings is 2. The largest absolute Gasteiger partial charge is 0.373 e. The molecule has 0 saturated carbocycles. The van der Waals surface area contributed by atoms with E-state index in [1.807, 2.05) is 44.2 Å². The van der Waals surface area contributed by atoms with Crippen LogP contribution in [0.15, 0.2) is 60.7 Å². The number of carbonyl (C=O) groups is 1. The number of ether oxygens (including phenoxy) is 1. The zero-order chi connectivity index (χ0) is 22.7. The maximum atomic E-state index is 13.0. The van der Waals surface area contributed by atoms with E-state index >= 15 is 0 Å². The number of nitrogens with one attached hydrogen (secondary N) is 1. The Bertz CT molecular complexity index is 813. The summed E-state index contributed by atoms with van der Waals surface area (Å²) in [6.45, 7) is 7.12. The van der Waals surface area contributed by atoms with Gasteiger partial charge in [-0.05, 0) is 30.9 Å². The summed E-state index contributed by atoms with van der Waals surface area (Å²) < 4.78 is 23.0. The Balaban J connectivity index is 0.00000166. The molecule has 2 N–H and O–H groups in total. The molecule has 1 aliphatic heterocycles. The summed E-state index contributed by atoms with van der Waals surface area (Å²) in [5.74, 6) is -0.789. The monoisotopic (exact) mass is 448 g/mol. The predicted molar refractivity (Wildman–Crippen MR) is 120 cm³/mol. The van der Waals surface area contributed by atoms with Gasteiger partial charge >= 0.3 is 0 Å². The van der Waals surface area contributed by atoms with Crippen molar-refractivity contribution in [2.24, 2.45) is 0 Å². The topological polar surface area (TPSA) is 88.1 Å². The molecule has 1 amide bonds. The SMILES string of the molecule is CC.CC(C(=O)NO)(c1ccccc1)S(=O)ON1CCC(OCc2ccccc2)CC1. The second-order valence-electron chi connectivity index (χ2n) is 7.07. The molecule has 3 rings (SSSR count). The van der Waals surface area contributed by atoms with Crippen molar-refractivity contribution in [2.75, 3.05) is 13.1 Å². The Morgan fingerprint density at radius 3 is 2.19 bits per heavy atom. The van der Waals surface area contributed by atoms with Gasteiger partial charge in [0.05, 0.1) is 12.7 Å². The molecule has 170 valence electrons. The van der Waals surface area contributed by atoms with Gasteiger partial charge in [-0.15, -0.1) is 0 Å². The zero-order valence-corrected chi connectivity index (χ0v) is 19.1. The number of rotatable bonds is 8. The lowest BCUT2D eigenvalue weighted by Crippen LogP contribution is -2.47. The molecular weight excluding hydrogens is 416 g/mol. The maximum absolute atomic E-state index is 13.0. The van der Waals surface area contributed by atoms with Gasteiger partial charge in [-0.3, -0.25) is 10.0 Å². The molecule has 0 radical (unpaired) electrons. The van der Waals surface area contributed by atoms with E-state index in [0.717, 1.165) is 18.4 Å². The van der Waals surface area contributed by atoms with Crippen LogP contribution in [0.2, 0.25) is 0 Å². The van der Waals surface area contributed by atoms with E-state index in [-0.39, 0.29) is 6.10 Å². The molecule has 2 aromatic rings. The van der Waals surface area contributed by atoms with E-state index in [2.05, 4.69) is 0 Å². The highest BCUT2D eigenvalue weighted by Gasteiger charge is 2.44. The molecule has 0 aliphatic carbocycles. The van der Waals surface area contributed by atoms with Crippen molar-refractivity contribution in [1.29, 1.82) is 0 Å². The predicted octanol–water partition coefficient (Wildman–Crippen LogP) is 3.71. The van der Waals surface area contributed by atoms with E-state index in [0.29, 0.717) is 25.3 Å². The van der Waals surface area contributed by atoms with Gasteiger partial charge in [0, 0.05) is 13.1 Å². The third-order valence-electron chi connectivity index (χ3n) is 5.10. The molecule has 31 heavy (non-hydrogen) atoms. The van der Waals surface area contributed by atoms with Crippen LogP contribution in [0.4, 0.5) is 0 Å². The van der Waals surface area contributed by atoms with Crippen molar-refractivity contribution in [3.8, 4) is 0 Å². The van der Waals surface area contributed by atoms with E-state index in [4.69, 9.17) is 14.2 Å². The normalized spacial score (nSPS) is 17.7. The van der Waals surface area contributed by atoms with Gasteiger partial charge in [-0.1, -0.05) is 74.5 Å². The summed E-state index contributed by atoms with van der Waals surface area (Å²) in [5.41, 5.74) is 3.23. The highest BCUT2D eigenvalue weighted by molar-refractivity contribution is 7.82. The first-order chi connectivity index (χ1) is 15.0. The number of nitrogens with zero attached hydrogens (tertiary/aromatic N) is 1. The van der Waals surface area contributed by atoms with E-state index in [1.165, 1.54) is 6.92 Å². The lowest BCUT2D eigenvalue weighted by atomic mass is 10.00. The van der Waals surface area contributed by atoms with Crippen LogP contribution in [-0.2, 0) is 36.2 Å². The van der Waals surface area contributed by atoms with Crippen LogP contribution in [0.1, 0.15) is 44.7 Å². The summed E-state index contributed by atoms with van der Waals surface area (Å²) in [6, 6.07) is 18.6. The Hall–Kier alpha value is -2.10. The Morgan fingerprint density at radius 2 is 1.65 bits per heavy atom. The van der Waals surface area contributed by atoms with Gasteiger partial charge in [0.15, 0.2) is 15.8 Å².